The molecular weight excluding hydrogens is 314 g/mol. The molecule has 23 heavy (non-hydrogen) atoms. The van der Waals surface area contributed by atoms with Crippen molar-refractivity contribution < 1.29 is 13.5 Å². The van der Waals surface area contributed by atoms with Crippen LogP contribution in [0.25, 0.3) is 0 Å². The fourth-order valence-electron chi connectivity index (χ4n) is 3.19. The monoisotopic (exact) mass is 343 g/mol. The Labute approximate surface area is 139 Å². The summed E-state index contributed by atoms with van der Waals surface area (Å²) in [5.74, 6) is 0. The topological polar surface area (TPSA) is 75.4 Å². The number of rotatable bonds is 6. The zero-order valence-electron chi connectivity index (χ0n) is 14.7. The molecule has 0 saturated carbocycles. The van der Waals surface area contributed by atoms with E-state index in [4.69, 9.17) is 0 Å². The van der Waals surface area contributed by atoms with E-state index in [1.165, 1.54) is 0 Å². The molecule has 1 saturated heterocycles. The fourth-order valence-corrected chi connectivity index (χ4v) is 5.08. The predicted octanol–water partition coefficient (Wildman–Crippen LogP) is 2.23. The summed E-state index contributed by atoms with van der Waals surface area (Å²) in [5.41, 5.74) is 0.283. The van der Waals surface area contributed by atoms with Crippen LogP contribution in [0.1, 0.15) is 57.3 Å². The molecule has 0 aliphatic carbocycles. The van der Waals surface area contributed by atoms with Gasteiger partial charge in [-0.25, -0.2) is 8.42 Å². The number of aromatic nitrogens is 2. The lowest BCUT2D eigenvalue weighted by atomic mass is 9.98. The Hall–Kier alpha value is -0.920. The quantitative estimate of drug-likeness (QED) is 0.859. The number of aliphatic hydroxyl groups is 1. The highest BCUT2D eigenvalue weighted by Gasteiger charge is 2.33. The van der Waals surface area contributed by atoms with Gasteiger partial charge in [0.15, 0.2) is 0 Å². The van der Waals surface area contributed by atoms with E-state index in [-0.39, 0.29) is 0 Å². The number of sulfonamides is 1. The molecule has 0 atom stereocenters. The first kappa shape index (κ1) is 18.4. The third kappa shape index (κ3) is 3.61. The summed E-state index contributed by atoms with van der Waals surface area (Å²) in [6.45, 7) is 8.86. The Morgan fingerprint density at radius 1 is 1.13 bits per heavy atom. The van der Waals surface area contributed by atoms with Crippen LogP contribution >= 0.6 is 0 Å². The third-order valence-electron chi connectivity index (χ3n) is 4.99. The van der Waals surface area contributed by atoms with Crippen molar-refractivity contribution in [2.75, 3.05) is 13.1 Å². The second kappa shape index (κ2) is 6.91. The molecule has 1 aliphatic rings. The Kier molecular flexibility index (Phi) is 5.53. The Balaban J connectivity index is 2.37. The first-order chi connectivity index (χ1) is 10.7. The molecule has 0 bridgehead atoms. The maximum atomic E-state index is 13.0. The molecule has 0 amide bonds. The average molecular weight is 343 g/mol. The molecule has 2 rings (SSSR count). The molecule has 0 aromatic carbocycles. The standard InChI is InChI=1S/C16H29N3O3S/c1-5-16(20,6-2)12-19-14(4)15(13(3)17-19)23(21,22)18-10-8-7-9-11-18/h20H,5-12H2,1-4H3. The maximum Gasteiger partial charge on any atom is 0.246 e. The summed E-state index contributed by atoms with van der Waals surface area (Å²) in [5, 5.41) is 14.9. The van der Waals surface area contributed by atoms with Crippen LogP contribution in [0.2, 0.25) is 0 Å². The van der Waals surface area contributed by atoms with Crippen LogP contribution in [0.4, 0.5) is 0 Å². The van der Waals surface area contributed by atoms with Crippen LogP contribution in [0.5, 0.6) is 0 Å². The van der Waals surface area contributed by atoms with Gasteiger partial charge in [-0.15, -0.1) is 0 Å². The van der Waals surface area contributed by atoms with Gasteiger partial charge in [0.1, 0.15) is 4.90 Å². The average Bonchev–Trinajstić information content (AvgIpc) is 2.82. The van der Waals surface area contributed by atoms with E-state index in [9.17, 15) is 13.5 Å². The van der Waals surface area contributed by atoms with Gasteiger partial charge in [0.2, 0.25) is 10.0 Å². The summed E-state index contributed by atoms with van der Waals surface area (Å²) in [4.78, 5) is 0.314. The van der Waals surface area contributed by atoms with Gasteiger partial charge in [-0.1, -0.05) is 20.3 Å². The van der Waals surface area contributed by atoms with Gasteiger partial charge in [-0.3, -0.25) is 4.68 Å². The molecule has 1 fully saturated rings. The van der Waals surface area contributed by atoms with E-state index in [1.54, 1.807) is 22.8 Å². The lowest BCUT2D eigenvalue weighted by Crippen LogP contribution is -2.36. The van der Waals surface area contributed by atoms with Crippen molar-refractivity contribution in [1.82, 2.24) is 14.1 Å². The van der Waals surface area contributed by atoms with E-state index in [0.29, 0.717) is 48.8 Å². The first-order valence-electron chi connectivity index (χ1n) is 8.51. The van der Waals surface area contributed by atoms with Crippen molar-refractivity contribution in [3.8, 4) is 0 Å². The SMILES string of the molecule is CCC(O)(CC)Cn1nc(C)c(S(=O)(=O)N2CCCCC2)c1C. The predicted molar refractivity (Wildman–Crippen MR) is 89.8 cm³/mol. The van der Waals surface area contributed by atoms with Gasteiger partial charge in [-0.05, 0) is 39.5 Å². The van der Waals surface area contributed by atoms with Gasteiger partial charge in [0, 0.05) is 13.1 Å². The zero-order chi connectivity index (χ0) is 17.3. The summed E-state index contributed by atoms with van der Waals surface area (Å²) in [6, 6.07) is 0. The number of piperidine rings is 1. The number of hydrogen-bond donors (Lipinski definition) is 1. The van der Waals surface area contributed by atoms with Crippen molar-refractivity contribution in [2.24, 2.45) is 0 Å². The fraction of sp³-hybridized carbons (Fsp3) is 0.812. The normalized spacial score (nSPS) is 17.6. The minimum absolute atomic E-state index is 0.314. The molecule has 1 aromatic heterocycles. The smallest absolute Gasteiger partial charge is 0.246 e. The van der Waals surface area contributed by atoms with Crippen molar-refractivity contribution in [2.45, 2.75) is 76.8 Å². The molecule has 1 aromatic rings. The Morgan fingerprint density at radius 2 is 1.70 bits per heavy atom. The molecular formula is C16H29N3O3S. The third-order valence-corrected chi connectivity index (χ3v) is 7.14. The molecule has 1 N–H and O–H groups in total. The first-order valence-corrected chi connectivity index (χ1v) is 9.95. The second-order valence-corrected chi connectivity index (χ2v) is 8.43. The molecule has 0 unspecified atom stereocenters. The van der Waals surface area contributed by atoms with Crippen molar-refractivity contribution >= 4 is 10.0 Å². The van der Waals surface area contributed by atoms with E-state index < -0.39 is 15.6 Å². The zero-order valence-corrected chi connectivity index (χ0v) is 15.5. The van der Waals surface area contributed by atoms with Crippen LogP contribution in [0.15, 0.2) is 4.90 Å². The lowest BCUT2D eigenvalue weighted by Gasteiger charge is -2.27. The highest BCUT2D eigenvalue weighted by Crippen LogP contribution is 2.27. The minimum Gasteiger partial charge on any atom is -0.388 e. The molecule has 0 radical (unpaired) electrons. The summed E-state index contributed by atoms with van der Waals surface area (Å²) in [6.07, 6.45) is 4.13. The number of hydrogen-bond acceptors (Lipinski definition) is 4. The summed E-state index contributed by atoms with van der Waals surface area (Å²) < 4.78 is 29.1. The Bertz CT molecular complexity index is 642. The van der Waals surface area contributed by atoms with Gasteiger partial charge >= 0.3 is 0 Å². The Morgan fingerprint density at radius 3 is 2.22 bits per heavy atom. The second-order valence-electron chi connectivity index (χ2n) is 6.55. The summed E-state index contributed by atoms with van der Waals surface area (Å²) in [7, 11) is -3.50. The summed E-state index contributed by atoms with van der Waals surface area (Å²) >= 11 is 0. The minimum atomic E-state index is -3.50. The molecule has 7 heteroatoms. The van der Waals surface area contributed by atoms with E-state index >= 15 is 0 Å². The molecule has 132 valence electrons. The van der Waals surface area contributed by atoms with Gasteiger partial charge in [0.05, 0.1) is 23.5 Å². The van der Waals surface area contributed by atoms with Crippen molar-refractivity contribution in [3.05, 3.63) is 11.4 Å². The number of aryl methyl sites for hydroxylation is 1. The van der Waals surface area contributed by atoms with Gasteiger partial charge < -0.3 is 5.11 Å². The number of nitrogens with zero attached hydrogens (tertiary/aromatic N) is 3. The molecule has 6 nitrogen and oxygen atoms in total. The van der Waals surface area contributed by atoms with E-state index in [2.05, 4.69) is 5.10 Å². The molecule has 2 heterocycles. The van der Waals surface area contributed by atoms with E-state index in [1.807, 2.05) is 13.8 Å². The largest absolute Gasteiger partial charge is 0.388 e. The van der Waals surface area contributed by atoms with E-state index in [0.717, 1.165) is 19.3 Å². The van der Waals surface area contributed by atoms with Gasteiger partial charge in [0.25, 0.3) is 0 Å². The van der Waals surface area contributed by atoms with Crippen LogP contribution in [0.3, 0.4) is 0 Å². The van der Waals surface area contributed by atoms with Crippen molar-refractivity contribution in [1.29, 1.82) is 0 Å². The maximum absolute atomic E-state index is 13.0. The highest BCUT2D eigenvalue weighted by molar-refractivity contribution is 7.89. The van der Waals surface area contributed by atoms with Crippen LogP contribution in [-0.2, 0) is 16.6 Å². The highest BCUT2D eigenvalue weighted by atomic mass is 32.2. The molecule has 1 aliphatic heterocycles. The van der Waals surface area contributed by atoms with Crippen LogP contribution in [-0.4, -0.2) is 46.3 Å². The van der Waals surface area contributed by atoms with Crippen molar-refractivity contribution in [3.63, 3.8) is 0 Å². The van der Waals surface area contributed by atoms with Crippen LogP contribution < -0.4 is 0 Å². The van der Waals surface area contributed by atoms with Crippen LogP contribution in [0, 0.1) is 13.8 Å². The van der Waals surface area contributed by atoms with Gasteiger partial charge in [-0.2, -0.15) is 9.40 Å². The molecule has 0 spiro atoms. The lowest BCUT2D eigenvalue weighted by molar-refractivity contribution is 0.0112.